The van der Waals surface area contributed by atoms with Crippen LogP contribution in [0.4, 0.5) is 0 Å². The Bertz CT molecular complexity index is 2110. The molecule has 2 aliphatic heterocycles. The van der Waals surface area contributed by atoms with Gasteiger partial charge in [-0.1, -0.05) is 60.7 Å². The highest BCUT2D eigenvalue weighted by molar-refractivity contribution is 7.11. The summed E-state index contributed by atoms with van der Waals surface area (Å²) >= 11 is 0. The summed E-state index contributed by atoms with van der Waals surface area (Å²) in [7, 11) is 10.5. The zero-order chi connectivity index (χ0) is 43.4. The number of benzene rings is 6. The fourth-order valence-electron chi connectivity index (χ4n) is 8.43. The molecule has 2 aliphatic rings. The first-order chi connectivity index (χ1) is 30.2. The van der Waals surface area contributed by atoms with E-state index < -0.39 is 37.4 Å². The second-order valence-electron chi connectivity index (χ2n) is 14.7. The van der Waals surface area contributed by atoms with E-state index in [2.05, 4.69) is 0 Å². The molecule has 12 nitrogen and oxygen atoms in total. The van der Waals surface area contributed by atoms with Gasteiger partial charge in [0, 0.05) is 24.3 Å². The lowest BCUT2D eigenvalue weighted by atomic mass is 9.49. The SMILES string of the molecule is COc1cc(OC)cc(C2(c3cc(OC)cc(OC)c3)OB(B3O[C@@H](c4ccccc4)C(c4cc(OC)cc(OC)c4)(c4cc(OC)cc(OC)c4)O3)O[C@H]2c2ccccc2)c1. The molecule has 2 atom stereocenters. The topological polar surface area (TPSA) is 111 Å². The molecular formula is C48H48B2O12. The molecule has 0 N–H and O–H groups in total. The third kappa shape index (κ3) is 7.64. The van der Waals surface area contributed by atoms with Crippen LogP contribution in [0.3, 0.4) is 0 Å². The van der Waals surface area contributed by atoms with Gasteiger partial charge in [-0.25, -0.2) is 0 Å². The van der Waals surface area contributed by atoms with Crippen LogP contribution < -0.4 is 37.9 Å². The first-order valence-electron chi connectivity index (χ1n) is 20.0. The van der Waals surface area contributed by atoms with E-state index in [1.165, 1.54) is 0 Å². The number of rotatable bonds is 15. The molecule has 2 fully saturated rings. The quantitative estimate of drug-likeness (QED) is 0.0925. The van der Waals surface area contributed by atoms with Crippen LogP contribution in [-0.2, 0) is 29.8 Å². The lowest BCUT2D eigenvalue weighted by Crippen LogP contribution is -2.43. The van der Waals surface area contributed by atoms with Gasteiger partial charge >= 0.3 is 14.0 Å². The van der Waals surface area contributed by atoms with Crippen LogP contribution in [0, 0.1) is 0 Å². The van der Waals surface area contributed by atoms with Gasteiger partial charge in [-0.2, -0.15) is 0 Å². The van der Waals surface area contributed by atoms with Crippen LogP contribution >= 0.6 is 0 Å². The van der Waals surface area contributed by atoms with E-state index in [4.69, 9.17) is 56.5 Å². The maximum Gasteiger partial charge on any atom is 0.489 e. The molecule has 0 amide bonds. The van der Waals surface area contributed by atoms with Gasteiger partial charge in [-0.15, -0.1) is 0 Å². The van der Waals surface area contributed by atoms with Crippen molar-refractivity contribution < 1.29 is 56.5 Å². The van der Waals surface area contributed by atoms with Crippen molar-refractivity contribution in [2.24, 2.45) is 0 Å². The molecule has 6 aromatic carbocycles. The zero-order valence-corrected chi connectivity index (χ0v) is 35.9. The van der Waals surface area contributed by atoms with Gasteiger partial charge in [0.1, 0.15) is 69.4 Å². The summed E-state index contributed by atoms with van der Waals surface area (Å²) in [5, 5.41) is 0. The Morgan fingerprint density at radius 3 is 0.774 bits per heavy atom. The van der Waals surface area contributed by atoms with Gasteiger partial charge in [-0.05, 0) is 81.9 Å². The van der Waals surface area contributed by atoms with E-state index in [0.29, 0.717) is 68.2 Å². The minimum atomic E-state index is -1.42. The maximum absolute atomic E-state index is 7.51. The molecule has 14 heteroatoms. The lowest BCUT2D eigenvalue weighted by molar-refractivity contribution is 0.0709. The Morgan fingerprint density at radius 2 is 0.565 bits per heavy atom. The van der Waals surface area contributed by atoms with Crippen LogP contribution in [-0.4, -0.2) is 70.9 Å². The lowest BCUT2D eigenvalue weighted by Gasteiger charge is -2.36. The predicted molar refractivity (Wildman–Crippen MR) is 234 cm³/mol. The van der Waals surface area contributed by atoms with Crippen molar-refractivity contribution in [3.63, 3.8) is 0 Å². The van der Waals surface area contributed by atoms with Gasteiger partial charge in [0.05, 0.1) is 56.9 Å². The van der Waals surface area contributed by atoms with Gasteiger partial charge in [0.25, 0.3) is 0 Å². The summed E-state index contributed by atoms with van der Waals surface area (Å²) in [5.74, 6) is 4.35. The molecule has 2 saturated heterocycles. The van der Waals surface area contributed by atoms with Crippen molar-refractivity contribution in [2.45, 2.75) is 23.4 Å². The average molecular weight is 839 g/mol. The summed E-state index contributed by atoms with van der Waals surface area (Å²) in [6.07, 6.45) is -1.62. The van der Waals surface area contributed by atoms with E-state index in [9.17, 15) is 0 Å². The molecular weight excluding hydrogens is 790 g/mol. The van der Waals surface area contributed by atoms with Crippen molar-refractivity contribution in [1.29, 1.82) is 0 Å². The van der Waals surface area contributed by atoms with E-state index in [1.54, 1.807) is 81.1 Å². The standard InChI is InChI=1S/C48H48B2O12/c1-51-37-19-33(20-38(27-37)52-2)47(34-21-39(53-3)28-40(22-34)54-4)45(31-15-11-9-12-16-31)59-49(61-47)50-60-46(32-17-13-10-14-18-32)48(62-50,35-23-41(55-5)29-42(24-35)56-6)36-25-43(57-7)30-44(26-36)58-8/h9-30,45-46H,1-8H3/t45-,46-/m0/s1. The highest BCUT2D eigenvalue weighted by atomic mass is 16.7. The molecule has 2 heterocycles. The summed E-state index contributed by atoms with van der Waals surface area (Å²) in [5.41, 5.74) is 1.45. The summed E-state index contributed by atoms with van der Waals surface area (Å²) in [6, 6.07) is 42.3. The van der Waals surface area contributed by atoms with Crippen LogP contribution in [0.25, 0.3) is 0 Å². The molecule has 8 rings (SSSR count). The molecule has 0 radical (unpaired) electrons. The molecule has 0 unspecified atom stereocenters. The molecule has 0 spiro atoms. The summed E-state index contributed by atoms with van der Waals surface area (Å²) in [4.78, 5) is 0. The summed E-state index contributed by atoms with van der Waals surface area (Å²) < 4.78 is 76.2. The second kappa shape index (κ2) is 18.0. The van der Waals surface area contributed by atoms with E-state index in [-0.39, 0.29) is 0 Å². The Balaban J connectivity index is 1.39. The van der Waals surface area contributed by atoms with Gasteiger partial charge in [-0.3, -0.25) is 0 Å². The first-order valence-corrected chi connectivity index (χ1v) is 20.0. The maximum atomic E-state index is 7.51. The second-order valence-corrected chi connectivity index (χ2v) is 14.7. The van der Waals surface area contributed by atoms with Crippen LogP contribution in [0.1, 0.15) is 45.6 Å². The predicted octanol–water partition coefficient (Wildman–Crippen LogP) is 8.57. The third-order valence-electron chi connectivity index (χ3n) is 11.4. The van der Waals surface area contributed by atoms with Gasteiger partial charge in [0.15, 0.2) is 0 Å². The van der Waals surface area contributed by atoms with Crippen molar-refractivity contribution in [1.82, 2.24) is 0 Å². The Morgan fingerprint density at radius 1 is 0.339 bits per heavy atom. The minimum absolute atomic E-state index is 0.544. The van der Waals surface area contributed by atoms with Gasteiger partial charge < -0.3 is 56.5 Å². The van der Waals surface area contributed by atoms with Crippen LogP contribution in [0.15, 0.2) is 133 Å². The minimum Gasteiger partial charge on any atom is -0.497 e. The van der Waals surface area contributed by atoms with E-state index in [1.807, 2.05) is 109 Å². The Labute approximate surface area is 362 Å². The normalized spacial score (nSPS) is 17.6. The molecule has 6 aromatic rings. The average Bonchev–Trinajstić information content (AvgIpc) is 3.96. The summed E-state index contributed by atoms with van der Waals surface area (Å²) in [6.45, 7) is 0. The molecule has 0 bridgehead atoms. The van der Waals surface area contributed by atoms with E-state index in [0.717, 1.165) is 11.1 Å². The van der Waals surface area contributed by atoms with Gasteiger partial charge in [0.2, 0.25) is 0 Å². The molecule has 62 heavy (non-hydrogen) atoms. The fourth-order valence-corrected chi connectivity index (χ4v) is 8.43. The third-order valence-corrected chi connectivity index (χ3v) is 11.4. The molecule has 0 aromatic heterocycles. The fraction of sp³-hybridized carbons (Fsp3) is 0.250. The van der Waals surface area contributed by atoms with Crippen molar-refractivity contribution in [3.05, 3.63) is 167 Å². The zero-order valence-electron chi connectivity index (χ0n) is 35.9. The highest BCUT2D eigenvalue weighted by Crippen LogP contribution is 2.58. The number of hydrogen-bond donors (Lipinski definition) is 0. The van der Waals surface area contributed by atoms with Crippen molar-refractivity contribution in [3.8, 4) is 46.0 Å². The monoisotopic (exact) mass is 838 g/mol. The number of ether oxygens (including phenoxy) is 8. The highest BCUT2D eigenvalue weighted by Gasteiger charge is 2.66. The number of methoxy groups -OCH3 is 8. The van der Waals surface area contributed by atoms with Crippen molar-refractivity contribution in [2.75, 3.05) is 56.9 Å². The Kier molecular flexibility index (Phi) is 12.3. The van der Waals surface area contributed by atoms with Crippen LogP contribution in [0.2, 0.25) is 0 Å². The molecule has 318 valence electrons. The van der Waals surface area contributed by atoms with E-state index >= 15 is 0 Å². The number of hydrogen-bond acceptors (Lipinski definition) is 12. The molecule has 0 aliphatic carbocycles. The molecule has 0 saturated carbocycles. The largest absolute Gasteiger partial charge is 0.497 e. The first kappa shape index (κ1) is 42.4. The smallest absolute Gasteiger partial charge is 0.489 e. The Hall–Kier alpha value is -6.31. The van der Waals surface area contributed by atoms with Crippen LogP contribution in [0.5, 0.6) is 46.0 Å². The van der Waals surface area contributed by atoms with Crippen molar-refractivity contribution >= 4 is 14.0 Å².